The number of carbonyl (C=O) groups is 2. The largest absolute Gasteiger partial charge is 0.615 e. The minimum absolute atomic E-state index is 0.148. The first-order chi connectivity index (χ1) is 22.3. The predicted molar refractivity (Wildman–Crippen MR) is 177 cm³/mol. The van der Waals surface area contributed by atoms with E-state index >= 15 is 0 Å². The van der Waals surface area contributed by atoms with Crippen LogP contribution in [0.2, 0.25) is 10.0 Å². The second-order valence-corrected chi connectivity index (χ2v) is 14.7. The van der Waals surface area contributed by atoms with E-state index in [1.54, 1.807) is 36.4 Å². The Morgan fingerprint density at radius 3 is 2.30 bits per heavy atom. The van der Waals surface area contributed by atoms with Crippen LogP contribution in [0.25, 0.3) is 0 Å². The third kappa shape index (κ3) is 7.39. The number of amides is 2. The number of alkyl halides is 3. The maximum Gasteiger partial charge on any atom is 0.471 e. The molecule has 252 valence electrons. The Hall–Kier alpha value is -2.96. The zero-order chi connectivity index (χ0) is 34.0. The summed E-state index contributed by atoms with van der Waals surface area (Å²) in [4.78, 5) is 30.1. The molecule has 7 nitrogen and oxygen atoms in total. The van der Waals surface area contributed by atoms with Gasteiger partial charge in [-0.25, -0.2) is 4.79 Å². The van der Waals surface area contributed by atoms with Crippen molar-refractivity contribution in [2.24, 2.45) is 0 Å². The molecule has 1 spiro atoms. The summed E-state index contributed by atoms with van der Waals surface area (Å²) in [6.45, 7) is 1.45. The lowest BCUT2D eigenvalue weighted by atomic mass is 9.82. The standard InChI is InChI=1S/C34H36Cl2F3N3O4S/c1-40(30(43)34(37,38)39)23-32(25-13-14-28(35)29(36)21-25,41(2)31(44)46-26-10-4-3-5-11-26)15-8-18-42-19-16-33(17-20-42)27-12-7-6-9-24(27)22-47(33)45/h3-7,9-14,21H,8,15-20,22-23H2,1-2H3/t32-,47?/m1/s1. The lowest BCUT2D eigenvalue weighted by Crippen LogP contribution is -2.56. The second-order valence-electron chi connectivity index (χ2n) is 12.1. The first kappa shape index (κ1) is 35.3. The van der Waals surface area contributed by atoms with Gasteiger partial charge in [-0.1, -0.05) is 71.7 Å². The number of likely N-dealkylation sites (N-methyl/N-ethyl adjacent to an activating group) is 2. The Morgan fingerprint density at radius 1 is 0.979 bits per heavy atom. The minimum Gasteiger partial charge on any atom is -0.615 e. The minimum atomic E-state index is -5.12. The van der Waals surface area contributed by atoms with Crippen LogP contribution in [-0.2, 0) is 32.0 Å². The fourth-order valence-electron chi connectivity index (χ4n) is 6.80. The molecular weight excluding hydrogens is 674 g/mol. The van der Waals surface area contributed by atoms with Crippen LogP contribution in [0.1, 0.15) is 42.4 Å². The van der Waals surface area contributed by atoms with Gasteiger partial charge in [0.15, 0.2) is 4.75 Å². The lowest BCUT2D eigenvalue weighted by molar-refractivity contribution is -0.185. The van der Waals surface area contributed by atoms with Crippen molar-refractivity contribution in [3.63, 3.8) is 0 Å². The number of fused-ring (bicyclic) bond motifs is 2. The summed E-state index contributed by atoms with van der Waals surface area (Å²) in [5, 5.41) is 0.376. The van der Waals surface area contributed by atoms with E-state index in [9.17, 15) is 27.3 Å². The van der Waals surface area contributed by atoms with Crippen molar-refractivity contribution in [2.75, 3.05) is 40.3 Å². The number of benzene rings is 3. The molecule has 3 aromatic carbocycles. The first-order valence-corrected chi connectivity index (χ1v) is 17.3. The molecular formula is C34H36Cl2F3N3O4S. The van der Waals surface area contributed by atoms with Crippen molar-refractivity contribution in [3.8, 4) is 5.75 Å². The van der Waals surface area contributed by atoms with Gasteiger partial charge in [-0.15, -0.1) is 0 Å². The van der Waals surface area contributed by atoms with E-state index in [2.05, 4.69) is 11.0 Å². The van der Waals surface area contributed by atoms with Crippen LogP contribution < -0.4 is 4.74 Å². The Bertz CT molecular complexity index is 1590. The van der Waals surface area contributed by atoms with Gasteiger partial charge >= 0.3 is 18.2 Å². The van der Waals surface area contributed by atoms with E-state index in [0.29, 0.717) is 42.3 Å². The van der Waals surface area contributed by atoms with Gasteiger partial charge in [0.1, 0.15) is 11.5 Å². The molecule has 0 radical (unpaired) electrons. The SMILES string of the molecule is CN(C[C@](CCCN1CCC2(CC1)c1ccccc1C[S+]2[O-])(c1ccc(Cl)c(Cl)c1)N(C)C(=O)Oc1ccccc1)C(=O)C(F)(F)F. The molecule has 2 atom stereocenters. The summed E-state index contributed by atoms with van der Waals surface area (Å²) in [6, 6.07) is 21.0. The number of hydrogen-bond acceptors (Lipinski definition) is 5. The normalized spacial score (nSPS) is 18.8. The van der Waals surface area contributed by atoms with Gasteiger partial charge in [0.2, 0.25) is 0 Å². The fourth-order valence-corrected chi connectivity index (χ4v) is 8.99. The van der Waals surface area contributed by atoms with Gasteiger partial charge in [-0.3, -0.25) is 9.69 Å². The van der Waals surface area contributed by atoms with Crippen molar-refractivity contribution in [2.45, 2.75) is 47.9 Å². The van der Waals surface area contributed by atoms with Crippen molar-refractivity contribution < 1.29 is 32.0 Å². The Balaban J connectivity index is 1.41. The number of ether oxygens (including phenoxy) is 1. The summed E-state index contributed by atoms with van der Waals surface area (Å²) in [5.74, 6) is -1.24. The van der Waals surface area contributed by atoms with Crippen LogP contribution in [0.5, 0.6) is 5.75 Å². The highest BCUT2D eigenvalue weighted by molar-refractivity contribution is 7.92. The third-order valence-electron chi connectivity index (χ3n) is 9.37. The number of carbonyl (C=O) groups excluding carboxylic acids is 2. The number of likely N-dealkylation sites (tertiary alicyclic amines) is 1. The summed E-state index contributed by atoms with van der Waals surface area (Å²) in [7, 11) is 2.50. The zero-order valence-electron chi connectivity index (χ0n) is 26.1. The number of piperidine rings is 1. The van der Waals surface area contributed by atoms with Crippen LogP contribution in [0.4, 0.5) is 18.0 Å². The predicted octanol–water partition coefficient (Wildman–Crippen LogP) is 7.37. The Labute approximate surface area is 285 Å². The number of halogens is 5. The summed E-state index contributed by atoms with van der Waals surface area (Å²) in [5.41, 5.74) is 1.21. The van der Waals surface area contributed by atoms with Gasteiger partial charge in [0, 0.05) is 57.7 Å². The number of para-hydroxylation sites is 1. The number of nitrogens with zero attached hydrogens (tertiary/aromatic N) is 3. The molecule has 1 unspecified atom stereocenters. The van der Waals surface area contributed by atoms with Gasteiger partial charge in [-0.2, -0.15) is 13.2 Å². The molecule has 2 aliphatic rings. The monoisotopic (exact) mass is 709 g/mol. The zero-order valence-corrected chi connectivity index (χ0v) is 28.4. The van der Waals surface area contributed by atoms with E-state index in [1.165, 1.54) is 24.1 Å². The molecule has 2 amide bonds. The van der Waals surface area contributed by atoms with Crippen molar-refractivity contribution in [1.82, 2.24) is 14.7 Å². The molecule has 13 heteroatoms. The van der Waals surface area contributed by atoms with E-state index in [-0.39, 0.29) is 27.0 Å². The maximum absolute atomic E-state index is 13.7. The molecule has 2 heterocycles. The summed E-state index contributed by atoms with van der Waals surface area (Å²) < 4.78 is 59.4. The molecule has 0 saturated carbocycles. The Morgan fingerprint density at radius 2 is 1.64 bits per heavy atom. The quantitative estimate of drug-likeness (QED) is 0.217. The average Bonchev–Trinajstić information content (AvgIpc) is 3.32. The third-order valence-corrected chi connectivity index (χ3v) is 12.2. The van der Waals surface area contributed by atoms with Crippen LogP contribution in [0, 0.1) is 0 Å². The highest BCUT2D eigenvalue weighted by Crippen LogP contribution is 2.49. The molecule has 2 aliphatic heterocycles. The highest BCUT2D eigenvalue weighted by Gasteiger charge is 2.52. The van der Waals surface area contributed by atoms with Gasteiger partial charge in [-0.05, 0) is 60.4 Å². The molecule has 0 aromatic heterocycles. The van der Waals surface area contributed by atoms with E-state index in [1.807, 2.05) is 18.2 Å². The van der Waals surface area contributed by atoms with Gasteiger partial charge < -0.3 is 19.1 Å². The van der Waals surface area contributed by atoms with Crippen LogP contribution in [0.15, 0.2) is 72.8 Å². The molecule has 1 fully saturated rings. The van der Waals surface area contributed by atoms with Crippen LogP contribution in [-0.4, -0.2) is 77.7 Å². The number of hydrogen-bond donors (Lipinski definition) is 0. The van der Waals surface area contributed by atoms with Crippen LogP contribution in [0.3, 0.4) is 0 Å². The first-order valence-electron chi connectivity index (χ1n) is 15.2. The molecule has 0 N–H and O–H groups in total. The second kappa shape index (κ2) is 14.3. The number of rotatable bonds is 9. The fraction of sp³-hybridized carbons (Fsp3) is 0.412. The Kier molecular flexibility index (Phi) is 10.7. The van der Waals surface area contributed by atoms with Crippen molar-refractivity contribution >= 4 is 46.4 Å². The summed E-state index contributed by atoms with van der Waals surface area (Å²) >= 11 is 11.6. The highest BCUT2D eigenvalue weighted by atomic mass is 35.5. The van der Waals surface area contributed by atoms with E-state index in [4.69, 9.17) is 27.9 Å². The molecule has 0 aliphatic carbocycles. The van der Waals surface area contributed by atoms with Gasteiger partial charge in [0.05, 0.1) is 15.6 Å². The smallest absolute Gasteiger partial charge is 0.471 e. The van der Waals surface area contributed by atoms with E-state index in [0.717, 1.165) is 31.0 Å². The lowest BCUT2D eigenvalue weighted by Gasteiger charge is -2.45. The van der Waals surface area contributed by atoms with Crippen molar-refractivity contribution in [1.29, 1.82) is 0 Å². The molecule has 3 aromatic rings. The molecule has 1 saturated heterocycles. The van der Waals surface area contributed by atoms with E-state index < -0.39 is 41.4 Å². The average molecular weight is 711 g/mol. The molecule has 47 heavy (non-hydrogen) atoms. The van der Waals surface area contributed by atoms with Crippen molar-refractivity contribution in [3.05, 3.63) is 99.5 Å². The summed E-state index contributed by atoms with van der Waals surface area (Å²) in [6.07, 6.45) is -3.88. The van der Waals surface area contributed by atoms with Gasteiger partial charge in [0.25, 0.3) is 0 Å². The van der Waals surface area contributed by atoms with Crippen LogP contribution >= 0.6 is 23.2 Å². The maximum atomic E-state index is 13.7. The molecule has 0 bridgehead atoms. The molecule has 5 rings (SSSR count). The topological polar surface area (TPSA) is 76.2 Å².